The van der Waals surface area contributed by atoms with E-state index in [2.05, 4.69) is 27.9 Å². The van der Waals surface area contributed by atoms with E-state index in [1.165, 1.54) is 25.3 Å². The van der Waals surface area contributed by atoms with Gasteiger partial charge in [0.1, 0.15) is 30.5 Å². The zero-order chi connectivity index (χ0) is 29.0. The summed E-state index contributed by atoms with van der Waals surface area (Å²) < 4.78 is 63.8. The number of hydrogen-bond donors (Lipinski definition) is 1. The van der Waals surface area contributed by atoms with Crippen molar-refractivity contribution >= 4 is 63.2 Å². The van der Waals surface area contributed by atoms with Gasteiger partial charge < -0.3 is 14.8 Å². The Balaban J connectivity index is 1.42. The van der Waals surface area contributed by atoms with Crippen LogP contribution in [0.25, 0.3) is 6.08 Å². The van der Waals surface area contributed by atoms with E-state index in [9.17, 15) is 31.9 Å². The Morgan fingerprint density at radius 3 is 2.40 bits per heavy atom. The van der Waals surface area contributed by atoms with Crippen LogP contribution in [-0.4, -0.2) is 35.6 Å². The third kappa shape index (κ3) is 7.13. The number of carbonyl (C=O) groups excluding carboxylic acids is 3. The number of amides is 3. The van der Waals surface area contributed by atoms with Crippen molar-refractivity contribution in [1.82, 2.24) is 4.90 Å². The molecule has 1 saturated heterocycles. The molecule has 3 aromatic rings. The molecule has 40 heavy (non-hydrogen) atoms. The second-order valence-corrected chi connectivity index (χ2v) is 10.5. The molecule has 0 unspecified atom stereocenters. The molecular formula is C27H19F4IN2O5S. The average molecular weight is 686 g/mol. The van der Waals surface area contributed by atoms with Crippen molar-refractivity contribution in [2.75, 3.05) is 19.0 Å². The molecule has 1 N–H and O–H groups in total. The lowest BCUT2D eigenvalue weighted by molar-refractivity contribution is -0.137. The van der Waals surface area contributed by atoms with Crippen molar-refractivity contribution in [2.45, 2.75) is 12.8 Å². The molecule has 4 rings (SSSR count). The maximum absolute atomic E-state index is 13.1. The lowest BCUT2D eigenvalue weighted by Crippen LogP contribution is -2.36. The number of anilines is 1. The molecule has 0 saturated carbocycles. The summed E-state index contributed by atoms with van der Waals surface area (Å²) in [5, 5.41) is 1.58. The van der Waals surface area contributed by atoms with Crippen LogP contribution in [0.5, 0.6) is 11.5 Å². The molecule has 0 aliphatic carbocycles. The highest BCUT2D eigenvalue weighted by Gasteiger charge is 2.37. The number of halogens is 5. The maximum atomic E-state index is 13.1. The molecule has 1 fully saturated rings. The number of nitrogens with zero attached hydrogens (tertiary/aromatic N) is 1. The largest absolute Gasteiger partial charge is 0.495 e. The number of ether oxygens (including phenoxy) is 2. The van der Waals surface area contributed by atoms with Crippen LogP contribution in [-0.2, 0) is 22.4 Å². The molecule has 3 amide bonds. The van der Waals surface area contributed by atoms with Gasteiger partial charge in [0.05, 0.1) is 26.8 Å². The summed E-state index contributed by atoms with van der Waals surface area (Å²) in [6.45, 7) is -0.474. The number of hydrogen-bond acceptors (Lipinski definition) is 6. The summed E-state index contributed by atoms with van der Waals surface area (Å²) in [4.78, 5) is 38.7. The van der Waals surface area contributed by atoms with Crippen molar-refractivity contribution in [2.24, 2.45) is 0 Å². The fraction of sp³-hybridized carbons (Fsp3) is 0.148. The van der Waals surface area contributed by atoms with Crippen LogP contribution >= 0.6 is 34.4 Å². The molecule has 0 radical (unpaired) electrons. The van der Waals surface area contributed by atoms with Crippen molar-refractivity contribution in [3.63, 3.8) is 0 Å². The van der Waals surface area contributed by atoms with Crippen molar-refractivity contribution in [1.29, 1.82) is 0 Å². The van der Waals surface area contributed by atoms with E-state index in [0.717, 1.165) is 21.3 Å². The van der Waals surface area contributed by atoms with E-state index >= 15 is 0 Å². The minimum atomic E-state index is -4.65. The molecule has 0 aromatic heterocycles. The Labute approximate surface area is 243 Å². The summed E-state index contributed by atoms with van der Waals surface area (Å²) in [6.07, 6.45) is -3.15. The molecule has 1 aliphatic rings. The summed E-state index contributed by atoms with van der Waals surface area (Å²) in [5.41, 5.74) is 0.132. The molecule has 1 heterocycles. The monoisotopic (exact) mass is 686 g/mol. The molecule has 0 atom stereocenters. The number of nitrogens with one attached hydrogen (secondary N) is 1. The van der Waals surface area contributed by atoms with Gasteiger partial charge in [-0.2, -0.15) is 13.2 Å². The van der Waals surface area contributed by atoms with Crippen LogP contribution in [0.2, 0.25) is 0 Å². The highest BCUT2D eigenvalue weighted by molar-refractivity contribution is 14.1. The van der Waals surface area contributed by atoms with Crippen molar-refractivity contribution < 1.29 is 41.4 Å². The standard InChI is InChI=1S/C27H19F4IN2O5S/c1-38-22-9-5-17(27(29,30)31)12-20(22)33-24(35)13-34-25(36)23(40-26(34)37)11-16-4-8-21(19(32)10-16)39-14-15-2-6-18(28)7-3-15/h2-12H,13-14H2,1H3,(H,33,35)/b23-11-. The van der Waals surface area contributed by atoms with Crippen LogP contribution in [0.4, 0.5) is 28.0 Å². The van der Waals surface area contributed by atoms with Gasteiger partial charge >= 0.3 is 6.18 Å². The van der Waals surface area contributed by atoms with Crippen LogP contribution in [0.3, 0.4) is 0 Å². The molecule has 0 bridgehead atoms. The third-order valence-electron chi connectivity index (χ3n) is 5.54. The van der Waals surface area contributed by atoms with Gasteiger partial charge in [-0.3, -0.25) is 19.3 Å². The van der Waals surface area contributed by atoms with Gasteiger partial charge in [-0.25, -0.2) is 4.39 Å². The predicted molar refractivity (Wildman–Crippen MR) is 149 cm³/mol. The normalized spacial score (nSPS) is 14.6. The fourth-order valence-electron chi connectivity index (χ4n) is 3.57. The number of imide groups is 1. The van der Waals surface area contributed by atoms with Gasteiger partial charge in [0.15, 0.2) is 0 Å². The van der Waals surface area contributed by atoms with Gasteiger partial charge in [-0.05, 0) is 94.0 Å². The SMILES string of the molecule is COc1ccc(C(F)(F)F)cc1NC(=O)CN1C(=O)S/C(=C\c2ccc(OCc3ccc(F)cc3)c(I)c2)C1=O. The van der Waals surface area contributed by atoms with E-state index in [0.29, 0.717) is 34.0 Å². The van der Waals surface area contributed by atoms with E-state index in [-0.39, 0.29) is 28.8 Å². The number of benzene rings is 3. The number of carbonyl (C=O) groups is 3. The number of methoxy groups -OCH3 is 1. The van der Waals surface area contributed by atoms with Crippen molar-refractivity contribution in [3.05, 3.63) is 91.6 Å². The third-order valence-corrected chi connectivity index (χ3v) is 7.29. The first-order valence-electron chi connectivity index (χ1n) is 11.4. The Morgan fingerprint density at radius 1 is 1.05 bits per heavy atom. The first-order chi connectivity index (χ1) is 18.9. The fourth-order valence-corrected chi connectivity index (χ4v) is 5.10. The quantitative estimate of drug-likeness (QED) is 0.161. The van der Waals surface area contributed by atoms with Gasteiger partial charge in [0, 0.05) is 0 Å². The Hall–Kier alpha value is -3.59. The summed E-state index contributed by atoms with van der Waals surface area (Å²) >= 11 is 2.69. The maximum Gasteiger partial charge on any atom is 0.416 e. The van der Waals surface area contributed by atoms with E-state index < -0.39 is 35.3 Å². The second kappa shape index (κ2) is 12.3. The molecule has 0 spiro atoms. The van der Waals surface area contributed by atoms with E-state index in [1.54, 1.807) is 30.3 Å². The predicted octanol–water partition coefficient (Wildman–Crippen LogP) is 6.71. The Morgan fingerprint density at radius 2 is 1.75 bits per heavy atom. The Bertz CT molecular complexity index is 1500. The highest BCUT2D eigenvalue weighted by atomic mass is 127. The summed E-state index contributed by atoms with van der Waals surface area (Å²) in [5.74, 6) is -1.39. The highest BCUT2D eigenvalue weighted by Crippen LogP contribution is 2.36. The molecule has 13 heteroatoms. The van der Waals surface area contributed by atoms with Gasteiger partial charge in [-0.15, -0.1) is 0 Å². The van der Waals surface area contributed by atoms with Crippen molar-refractivity contribution in [3.8, 4) is 11.5 Å². The smallest absolute Gasteiger partial charge is 0.416 e. The molecular weight excluding hydrogens is 667 g/mol. The zero-order valence-corrected chi connectivity index (χ0v) is 23.5. The zero-order valence-electron chi connectivity index (χ0n) is 20.6. The molecule has 3 aromatic carbocycles. The number of rotatable bonds is 8. The number of alkyl halides is 3. The summed E-state index contributed by atoms with van der Waals surface area (Å²) in [6, 6.07) is 13.6. The second-order valence-electron chi connectivity index (χ2n) is 8.33. The summed E-state index contributed by atoms with van der Waals surface area (Å²) in [7, 11) is 1.23. The van der Waals surface area contributed by atoms with E-state index in [1.807, 2.05) is 0 Å². The number of thioether (sulfide) groups is 1. The van der Waals surface area contributed by atoms with Crippen LogP contribution in [0.15, 0.2) is 65.6 Å². The Kier molecular flexibility index (Phi) is 9.03. The first-order valence-corrected chi connectivity index (χ1v) is 13.3. The first kappa shape index (κ1) is 29.4. The van der Waals surface area contributed by atoms with Crippen LogP contribution in [0, 0.1) is 9.39 Å². The minimum Gasteiger partial charge on any atom is -0.495 e. The molecule has 7 nitrogen and oxygen atoms in total. The molecule has 208 valence electrons. The van der Waals surface area contributed by atoms with Gasteiger partial charge in [0.25, 0.3) is 11.1 Å². The minimum absolute atomic E-state index is 0.0184. The average Bonchev–Trinajstić information content (AvgIpc) is 3.15. The van der Waals surface area contributed by atoms with Gasteiger partial charge in [-0.1, -0.05) is 18.2 Å². The van der Waals surface area contributed by atoms with Crippen LogP contribution < -0.4 is 14.8 Å². The van der Waals surface area contributed by atoms with Crippen LogP contribution in [0.1, 0.15) is 16.7 Å². The van der Waals surface area contributed by atoms with Gasteiger partial charge in [0.2, 0.25) is 5.91 Å². The van der Waals surface area contributed by atoms with E-state index in [4.69, 9.17) is 9.47 Å². The topological polar surface area (TPSA) is 84.9 Å². The molecule has 1 aliphatic heterocycles. The lowest BCUT2D eigenvalue weighted by atomic mass is 10.1. The lowest BCUT2D eigenvalue weighted by Gasteiger charge is -2.16.